The number of ketones is 4. The summed E-state index contributed by atoms with van der Waals surface area (Å²) in [6, 6.07) is 19.6. The highest BCUT2D eigenvalue weighted by atomic mass is 16.2. The molecular weight excluding hydrogens is 604 g/mol. The van der Waals surface area contributed by atoms with Crippen molar-refractivity contribution in [1.29, 1.82) is 0 Å². The van der Waals surface area contributed by atoms with Crippen molar-refractivity contribution >= 4 is 46.3 Å². The van der Waals surface area contributed by atoms with Gasteiger partial charge in [0.05, 0.1) is 22.5 Å². The van der Waals surface area contributed by atoms with Crippen molar-refractivity contribution < 1.29 is 28.8 Å². The molecular formula is C40H32N2O6. The topological polar surface area (TPSA) is 126 Å². The fourth-order valence-electron chi connectivity index (χ4n) is 7.95. The van der Waals surface area contributed by atoms with Crippen LogP contribution in [0.5, 0.6) is 0 Å². The summed E-state index contributed by atoms with van der Waals surface area (Å²) < 4.78 is 0. The number of rotatable bonds is 5. The van der Waals surface area contributed by atoms with Crippen LogP contribution in [0.15, 0.2) is 72.8 Å². The average molecular weight is 637 g/mol. The minimum Gasteiger partial charge on any atom is -0.325 e. The van der Waals surface area contributed by atoms with Gasteiger partial charge in [0.15, 0.2) is 23.1 Å². The molecule has 0 aromatic heterocycles. The number of carbonyl (C=O) groups is 6. The largest absolute Gasteiger partial charge is 0.325 e. The second-order valence-corrected chi connectivity index (χ2v) is 13.2. The molecule has 8 heteroatoms. The second-order valence-electron chi connectivity index (χ2n) is 13.2. The summed E-state index contributed by atoms with van der Waals surface area (Å²) in [4.78, 5) is 83.5. The molecule has 0 spiro atoms. The summed E-state index contributed by atoms with van der Waals surface area (Å²) in [7, 11) is 0. The molecule has 0 heterocycles. The molecule has 0 aliphatic heterocycles. The van der Waals surface area contributed by atoms with E-state index in [1.165, 1.54) is 0 Å². The van der Waals surface area contributed by atoms with Gasteiger partial charge in [0, 0.05) is 45.2 Å². The molecule has 2 N–H and O–H groups in total. The lowest BCUT2D eigenvalue weighted by Gasteiger charge is -2.27. The van der Waals surface area contributed by atoms with Gasteiger partial charge in [-0.2, -0.15) is 0 Å². The molecule has 4 aliphatic rings. The van der Waals surface area contributed by atoms with E-state index in [4.69, 9.17) is 0 Å². The van der Waals surface area contributed by atoms with Gasteiger partial charge >= 0.3 is 0 Å². The highest BCUT2D eigenvalue weighted by molar-refractivity contribution is 6.35. The maximum Gasteiger partial charge on any atom is 0.227 e. The number of hydrogen-bond acceptors (Lipinski definition) is 6. The fraction of sp³-hybridized carbons (Fsp3) is 0.250. The van der Waals surface area contributed by atoms with Gasteiger partial charge in [-0.15, -0.1) is 0 Å². The van der Waals surface area contributed by atoms with Crippen LogP contribution in [0.2, 0.25) is 0 Å². The number of carbonyl (C=O) groups excluding carboxylic acids is 6. The summed E-state index contributed by atoms with van der Waals surface area (Å²) in [6.45, 7) is 0. The Morgan fingerprint density at radius 2 is 0.729 bits per heavy atom. The van der Waals surface area contributed by atoms with Crippen molar-refractivity contribution in [1.82, 2.24) is 0 Å². The molecule has 8 rings (SSSR count). The lowest BCUT2D eigenvalue weighted by atomic mass is 9.75. The second kappa shape index (κ2) is 11.6. The minimum atomic E-state index is -0.422. The Labute approximate surface area is 276 Å². The summed E-state index contributed by atoms with van der Waals surface area (Å²) in [5.74, 6) is -2.41. The number of amides is 2. The van der Waals surface area contributed by atoms with Crippen LogP contribution < -0.4 is 10.6 Å². The molecule has 2 fully saturated rings. The monoisotopic (exact) mass is 636 g/mol. The third kappa shape index (κ3) is 4.66. The SMILES string of the molecule is O=C1c2ccccc2C(=O)c2c(-c3ccc(NC(=O)C4CCCC4)c4c3C(=O)c3ccccc3C4=O)ccc(NC(=O)C3CCCC3)c21. The van der Waals surface area contributed by atoms with Crippen LogP contribution in [-0.2, 0) is 9.59 Å². The van der Waals surface area contributed by atoms with Crippen LogP contribution in [0, 0.1) is 11.8 Å². The van der Waals surface area contributed by atoms with Gasteiger partial charge in [-0.25, -0.2) is 0 Å². The van der Waals surface area contributed by atoms with Gasteiger partial charge in [-0.05, 0) is 48.9 Å². The minimum absolute atomic E-state index is 0.0601. The van der Waals surface area contributed by atoms with Gasteiger partial charge < -0.3 is 10.6 Å². The molecule has 0 unspecified atom stereocenters. The van der Waals surface area contributed by atoms with Crippen LogP contribution in [0.1, 0.15) is 115 Å². The maximum atomic E-state index is 14.3. The highest BCUT2D eigenvalue weighted by Gasteiger charge is 2.39. The zero-order valence-electron chi connectivity index (χ0n) is 26.2. The van der Waals surface area contributed by atoms with Crippen LogP contribution >= 0.6 is 0 Å². The molecule has 2 saturated carbocycles. The number of hydrogen-bond donors (Lipinski definition) is 2. The fourth-order valence-corrected chi connectivity index (χ4v) is 7.95. The summed E-state index contributed by atoms with van der Waals surface area (Å²) in [6.07, 6.45) is 6.86. The molecule has 0 atom stereocenters. The van der Waals surface area contributed by atoms with Crippen molar-refractivity contribution in [2.24, 2.45) is 11.8 Å². The maximum absolute atomic E-state index is 14.3. The van der Waals surface area contributed by atoms with E-state index in [1.54, 1.807) is 72.8 Å². The molecule has 8 nitrogen and oxygen atoms in total. The lowest BCUT2D eigenvalue weighted by Crippen LogP contribution is -2.28. The molecule has 48 heavy (non-hydrogen) atoms. The Morgan fingerprint density at radius 1 is 0.417 bits per heavy atom. The number of fused-ring (bicyclic) bond motifs is 4. The van der Waals surface area contributed by atoms with Crippen molar-refractivity contribution in [3.8, 4) is 11.1 Å². The quantitative estimate of drug-likeness (QED) is 0.207. The number of anilines is 2. The number of nitrogens with one attached hydrogen (secondary N) is 2. The molecule has 0 radical (unpaired) electrons. The molecule has 0 saturated heterocycles. The van der Waals surface area contributed by atoms with Crippen molar-refractivity contribution in [2.45, 2.75) is 51.4 Å². The van der Waals surface area contributed by atoms with E-state index in [0.717, 1.165) is 51.4 Å². The van der Waals surface area contributed by atoms with E-state index < -0.39 is 23.1 Å². The van der Waals surface area contributed by atoms with Crippen LogP contribution in [-0.4, -0.2) is 34.9 Å². The molecule has 238 valence electrons. The standard InChI is InChI=1S/C40H32N2O6/c43-35-25-13-5-7-15-27(25)37(45)33-29(41-39(47)21-9-1-2-10-21)19-17-23(31(33)35)24-18-20-30(42-40(48)22-11-3-4-12-22)34-32(24)36(44)26-14-6-8-16-28(26)38(34)46/h5-8,13-22H,1-4,9-12H2,(H,41,47)(H,42,48). The zero-order valence-corrected chi connectivity index (χ0v) is 26.2. The normalized spacial score (nSPS) is 17.1. The first-order valence-electron chi connectivity index (χ1n) is 16.7. The summed E-state index contributed by atoms with van der Waals surface area (Å²) in [5.41, 5.74) is 2.21. The first kappa shape index (κ1) is 29.9. The molecule has 4 aliphatic carbocycles. The van der Waals surface area contributed by atoms with Crippen molar-refractivity contribution in [3.63, 3.8) is 0 Å². The molecule has 2 amide bonds. The Morgan fingerprint density at radius 3 is 1.06 bits per heavy atom. The van der Waals surface area contributed by atoms with E-state index in [-0.39, 0.29) is 79.5 Å². The summed E-state index contributed by atoms with van der Waals surface area (Å²) in [5, 5.41) is 5.88. The Kier molecular flexibility index (Phi) is 7.24. The Balaban J connectivity index is 1.33. The van der Waals surface area contributed by atoms with Crippen molar-refractivity contribution in [3.05, 3.63) is 117 Å². The molecule has 0 bridgehead atoms. The van der Waals surface area contributed by atoms with Crippen LogP contribution in [0.25, 0.3) is 11.1 Å². The van der Waals surface area contributed by atoms with Gasteiger partial charge in [0.2, 0.25) is 11.8 Å². The van der Waals surface area contributed by atoms with Gasteiger partial charge in [-0.1, -0.05) is 86.3 Å². The van der Waals surface area contributed by atoms with Crippen molar-refractivity contribution in [2.75, 3.05) is 10.6 Å². The lowest BCUT2D eigenvalue weighted by molar-refractivity contribution is -0.120. The zero-order chi connectivity index (χ0) is 33.1. The molecule has 4 aromatic rings. The van der Waals surface area contributed by atoms with E-state index in [1.807, 2.05) is 0 Å². The van der Waals surface area contributed by atoms with E-state index in [9.17, 15) is 28.8 Å². The van der Waals surface area contributed by atoms with Crippen LogP contribution in [0.3, 0.4) is 0 Å². The van der Waals surface area contributed by atoms with E-state index >= 15 is 0 Å². The van der Waals surface area contributed by atoms with E-state index in [0.29, 0.717) is 11.1 Å². The highest BCUT2D eigenvalue weighted by Crippen LogP contribution is 2.44. The number of benzene rings is 4. The van der Waals surface area contributed by atoms with E-state index in [2.05, 4.69) is 10.6 Å². The summed E-state index contributed by atoms with van der Waals surface area (Å²) >= 11 is 0. The third-order valence-corrected chi connectivity index (χ3v) is 10.4. The Bertz CT molecular complexity index is 1970. The Hall–Kier alpha value is -5.50. The predicted octanol–water partition coefficient (Wildman–Crippen LogP) is 7.16. The molecule has 4 aromatic carbocycles. The van der Waals surface area contributed by atoms with Gasteiger partial charge in [0.1, 0.15) is 0 Å². The first-order chi connectivity index (χ1) is 23.3. The smallest absolute Gasteiger partial charge is 0.227 e. The predicted molar refractivity (Wildman–Crippen MR) is 180 cm³/mol. The average Bonchev–Trinajstić information content (AvgIpc) is 3.85. The third-order valence-electron chi connectivity index (χ3n) is 10.4. The first-order valence-corrected chi connectivity index (χ1v) is 16.7. The van der Waals surface area contributed by atoms with Crippen LogP contribution in [0.4, 0.5) is 11.4 Å². The van der Waals surface area contributed by atoms with Gasteiger partial charge in [-0.3, -0.25) is 28.8 Å². The van der Waals surface area contributed by atoms with Gasteiger partial charge in [0.25, 0.3) is 0 Å².